The number of carbonyl (C=O) groups is 1. The molecule has 0 aromatic heterocycles. The Balaban J connectivity index is 1.66. The Morgan fingerprint density at radius 3 is 2.52 bits per heavy atom. The van der Waals surface area contributed by atoms with Gasteiger partial charge in [0.05, 0.1) is 6.61 Å². The summed E-state index contributed by atoms with van der Waals surface area (Å²) >= 11 is 0. The number of aliphatic hydroxyl groups is 1. The van der Waals surface area contributed by atoms with E-state index in [0.717, 1.165) is 41.9 Å². The topological polar surface area (TPSA) is 67.8 Å². The van der Waals surface area contributed by atoms with Crippen LogP contribution in [-0.2, 0) is 17.8 Å². The van der Waals surface area contributed by atoms with E-state index in [1.807, 2.05) is 36.4 Å². The smallest absolute Gasteiger partial charge is 0.216 e. The average molecular weight is 448 g/mol. The van der Waals surface area contributed by atoms with Gasteiger partial charge in [0.25, 0.3) is 0 Å². The van der Waals surface area contributed by atoms with Crippen molar-refractivity contribution in [3.63, 3.8) is 0 Å². The third kappa shape index (κ3) is 7.36. The van der Waals surface area contributed by atoms with Crippen LogP contribution in [0.3, 0.4) is 0 Å². The maximum Gasteiger partial charge on any atom is 0.216 e. The van der Waals surface area contributed by atoms with Crippen LogP contribution >= 0.6 is 0 Å². The predicted octanol–water partition coefficient (Wildman–Crippen LogP) is 5.07. The van der Waals surface area contributed by atoms with Crippen LogP contribution in [-0.4, -0.2) is 30.8 Å². The summed E-state index contributed by atoms with van der Waals surface area (Å²) in [7, 11) is 0. The Kier molecular flexibility index (Phi) is 9.33. The number of benzene rings is 3. The van der Waals surface area contributed by atoms with Crippen LogP contribution in [0.15, 0.2) is 66.7 Å². The van der Waals surface area contributed by atoms with E-state index >= 15 is 0 Å². The summed E-state index contributed by atoms with van der Waals surface area (Å²) in [5.74, 6) is 1.46. The molecule has 0 aliphatic heterocycles. The molecule has 0 saturated heterocycles. The molecule has 5 heteroatoms. The summed E-state index contributed by atoms with van der Waals surface area (Å²) in [4.78, 5) is 11.0. The number of unbranched alkanes of at least 4 members (excludes halogenated alkanes) is 1. The van der Waals surface area contributed by atoms with E-state index in [9.17, 15) is 9.90 Å². The first-order chi connectivity index (χ1) is 16.1. The van der Waals surface area contributed by atoms with Crippen LogP contribution in [0.5, 0.6) is 11.5 Å². The molecule has 33 heavy (non-hydrogen) atoms. The van der Waals surface area contributed by atoms with Gasteiger partial charge in [0.1, 0.15) is 24.7 Å². The van der Waals surface area contributed by atoms with Crippen LogP contribution in [0.1, 0.15) is 36.5 Å². The normalized spacial score (nSPS) is 10.6. The van der Waals surface area contributed by atoms with E-state index in [4.69, 9.17) is 9.47 Å². The third-order valence-electron chi connectivity index (χ3n) is 5.56. The lowest BCUT2D eigenvalue weighted by atomic mass is 9.97. The Hall–Kier alpha value is -3.31. The maximum absolute atomic E-state index is 11.0. The molecule has 0 unspecified atom stereocenters. The first kappa shape index (κ1) is 24.3. The van der Waals surface area contributed by atoms with Crippen molar-refractivity contribution in [2.45, 2.75) is 39.7 Å². The zero-order valence-electron chi connectivity index (χ0n) is 19.5. The summed E-state index contributed by atoms with van der Waals surface area (Å²) in [6.45, 7) is 4.98. The van der Waals surface area contributed by atoms with Gasteiger partial charge in [-0.3, -0.25) is 4.79 Å². The second-order valence-electron chi connectivity index (χ2n) is 8.03. The second-order valence-corrected chi connectivity index (χ2v) is 8.03. The molecule has 0 atom stereocenters. The van der Waals surface area contributed by atoms with Gasteiger partial charge in [-0.2, -0.15) is 0 Å². The molecule has 0 spiro atoms. The lowest BCUT2D eigenvalue weighted by Gasteiger charge is -2.15. The number of hydrogen-bond donors (Lipinski definition) is 2. The van der Waals surface area contributed by atoms with E-state index in [0.29, 0.717) is 13.2 Å². The number of amides is 1. The minimum absolute atomic E-state index is 0.00647. The fourth-order valence-corrected chi connectivity index (χ4v) is 3.76. The summed E-state index contributed by atoms with van der Waals surface area (Å²) in [6.07, 6.45) is 2.66. The van der Waals surface area contributed by atoms with Crippen molar-refractivity contribution in [2.75, 3.05) is 19.8 Å². The molecule has 0 aliphatic rings. The van der Waals surface area contributed by atoms with E-state index in [1.54, 1.807) is 0 Å². The quantitative estimate of drug-likeness (QED) is 0.380. The van der Waals surface area contributed by atoms with Gasteiger partial charge in [-0.1, -0.05) is 54.6 Å². The Bertz CT molecular complexity index is 1030. The first-order valence-corrected chi connectivity index (χ1v) is 11.5. The number of carbonyl (C=O) groups excluding carboxylic acids is 1. The lowest BCUT2D eigenvalue weighted by molar-refractivity contribution is -0.118. The second kappa shape index (κ2) is 12.7. The minimum Gasteiger partial charge on any atom is -0.491 e. The molecule has 174 valence electrons. The highest BCUT2D eigenvalue weighted by Crippen LogP contribution is 2.29. The molecule has 0 aliphatic carbocycles. The van der Waals surface area contributed by atoms with Crippen molar-refractivity contribution >= 4 is 5.91 Å². The molecular formula is C28H33NO4. The third-order valence-corrected chi connectivity index (χ3v) is 5.56. The van der Waals surface area contributed by atoms with Crippen molar-refractivity contribution in [3.8, 4) is 22.6 Å². The van der Waals surface area contributed by atoms with Gasteiger partial charge in [0.2, 0.25) is 5.91 Å². The highest BCUT2D eigenvalue weighted by atomic mass is 16.5. The van der Waals surface area contributed by atoms with Crippen LogP contribution in [0.2, 0.25) is 0 Å². The number of aliphatic hydroxyl groups excluding tert-OH is 1. The van der Waals surface area contributed by atoms with E-state index in [1.165, 1.54) is 23.6 Å². The molecule has 0 heterocycles. The SMILES string of the molecule is CC(=O)NCCCCc1ccc(OCc2cccc(-c3ccccc3)c2C)cc1OCCO. The molecule has 5 nitrogen and oxygen atoms in total. The fourth-order valence-electron chi connectivity index (χ4n) is 3.76. The van der Waals surface area contributed by atoms with Crippen LogP contribution in [0.4, 0.5) is 0 Å². The molecule has 3 aromatic rings. The van der Waals surface area contributed by atoms with E-state index in [-0.39, 0.29) is 19.1 Å². The highest BCUT2D eigenvalue weighted by Gasteiger charge is 2.10. The van der Waals surface area contributed by atoms with Crippen molar-refractivity contribution in [3.05, 3.63) is 83.4 Å². The largest absolute Gasteiger partial charge is 0.491 e. The molecular weight excluding hydrogens is 414 g/mol. The van der Waals surface area contributed by atoms with Gasteiger partial charge in [-0.25, -0.2) is 0 Å². The van der Waals surface area contributed by atoms with Gasteiger partial charge in [-0.15, -0.1) is 0 Å². The van der Waals surface area contributed by atoms with Crippen LogP contribution < -0.4 is 14.8 Å². The van der Waals surface area contributed by atoms with E-state index in [2.05, 4.69) is 42.6 Å². The number of ether oxygens (including phenoxy) is 2. The standard InChI is InChI=1S/C28H33NO4/c1-21-25(12-8-13-27(21)23-9-4-3-5-10-23)20-33-26-15-14-24(28(19-26)32-18-17-30)11-6-7-16-29-22(2)31/h3-5,8-10,12-15,19,30H,6-7,11,16-18,20H2,1-2H3,(H,29,31). The molecule has 0 bridgehead atoms. The van der Waals surface area contributed by atoms with Gasteiger partial charge >= 0.3 is 0 Å². The first-order valence-electron chi connectivity index (χ1n) is 11.5. The zero-order valence-corrected chi connectivity index (χ0v) is 19.5. The lowest BCUT2D eigenvalue weighted by Crippen LogP contribution is -2.20. The fraction of sp³-hybridized carbons (Fsp3) is 0.321. The van der Waals surface area contributed by atoms with Gasteiger partial charge in [0, 0.05) is 19.5 Å². The Morgan fingerprint density at radius 2 is 1.76 bits per heavy atom. The van der Waals surface area contributed by atoms with Crippen LogP contribution in [0.25, 0.3) is 11.1 Å². The maximum atomic E-state index is 11.0. The van der Waals surface area contributed by atoms with Crippen molar-refractivity contribution < 1.29 is 19.4 Å². The number of hydrogen-bond acceptors (Lipinski definition) is 4. The molecule has 0 fully saturated rings. The van der Waals surface area contributed by atoms with Crippen molar-refractivity contribution in [1.82, 2.24) is 5.32 Å². The summed E-state index contributed by atoms with van der Waals surface area (Å²) in [5, 5.41) is 12.0. The number of aryl methyl sites for hydroxylation is 1. The Morgan fingerprint density at radius 1 is 0.939 bits per heavy atom. The summed E-state index contributed by atoms with van der Waals surface area (Å²) in [6, 6.07) is 22.5. The number of rotatable bonds is 12. The Labute approximate surface area is 196 Å². The van der Waals surface area contributed by atoms with E-state index < -0.39 is 0 Å². The van der Waals surface area contributed by atoms with Gasteiger partial charge < -0.3 is 19.9 Å². The monoisotopic (exact) mass is 447 g/mol. The minimum atomic E-state index is -0.0431. The zero-order chi connectivity index (χ0) is 23.5. The molecule has 1 amide bonds. The van der Waals surface area contributed by atoms with Crippen molar-refractivity contribution in [2.24, 2.45) is 0 Å². The van der Waals surface area contributed by atoms with Gasteiger partial charge in [0.15, 0.2) is 0 Å². The molecule has 3 aromatic carbocycles. The summed E-state index contributed by atoms with van der Waals surface area (Å²) in [5.41, 5.74) is 5.81. The molecule has 3 rings (SSSR count). The highest BCUT2D eigenvalue weighted by molar-refractivity contribution is 5.72. The average Bonchev–Trinajstić information content (AvgIpc) is 2.83. The number of nitrogens with one attached hydrogen (secondary N) is 1. The molecule has 0 saturated carbocycles. The van der Waals surface area contributed by atoms with Gasteiger partial charge in [-0.05, 0) is 60.1 Å². The van der Waals surface area contributed by atoms with Crippen LogP contribution in [0, 0.1) is 6.92 Å². The van der Waals surface area contributed by atoms with Crippen molar-refractivity contribution in [1.29, 1.82) is 0 Å². The molecule has 0 radical (unpaired) electrons. The summed E-state index contributed by atoms with van der Waals surface area (Å²) < 4.78 is 11.9. The molecule has 2 N–H and O–H groups in total. The predicted molar refractivity (Wildman–Crippen MR) is 132 cm³/mol.